The number of phenols is 1. The molecule has 3 saturated heterocycles. The fourth-order valence-electron chi connectivity index (χ4n) is 8.72. The molecule has 1 aliphatic carbocycles. The quantitative estimate of drug-likeness (QED) is 0.114. The second kappa shape index (κ2) is 14.4. The number of hydrogen-bond donors (Lipinski definition) is 2. The van der Waals surface area contributed by atoms with Gasteiger partial charge in [0, 0.05) is 25.7 Å². The predicted molar refractivity (Wildman–Crippen MR) is 188 cm³/mol. The molecule has 254 valence electrons. The van der Waals surface area contributed by atoms with Crippen molar-refractivity contribution >= 4 is 30.6 Å². The van der Waals surface area contributed by atoms with Crippen LogP contribution in [0.1, 0.15) is 62.1 Å². The maximum atomic E-state index is 14.3. The summed E-state index contributed by atoms with van der Waals surface area (Å²) in [6.07, 6.45) is 5.76. The largest absolute Gasteiger partial charge is 0.505 e. The highest BCUT2D eigenvalue weighted by Gasteiger charge is 2.58. The Balaban J connectivity index is 1.10. The minimum absolute atomic E-state index is 0.0468. The number of fused-ring (bicyclic) bond motifs is 3. The van der Waals surface area contributed by atoms with Crippen LogP contribution in [0.2, 0.25) is 6.32 Å². The molecule has 7 rings (SSSR count). The van der Waals surface area contributed by atoms with Crippen molar-refractivity contribution in [3.63, 3.8) is 0 Å². The maximum absolute atomic E-state index is 14.3. The zero-order chi connectivity index (χ0) is 34.1. The van der Waals surface area contributed by atoms with Crippen LogP contribution in [0.4, 0.5) is 4.39 Å². The number of likely N-dealkylation sites (tertiary alicyclic amines) is 2. The van der Waals surface area contributed by atoms with Crippen LogP contribution in [0.25, 0.3) is 11.6 Å². The Morgan fingerprint density at radius 3 is 2.39 bits per heavy atom. The fourth-order valence-corrected chi connectivity index (χ4v) is 8.72. The van der Waals surface area contributed by atoms with Crippen molar-refractivity contribution in [1.29, 1.82) is 0 Å². The summed E-state index contributed by atoms with van der Waals surface area (Å²) in [5.41, 5.74) is 6.09. The highest BCUT2D eigenvalue weighted by atomic mass is 19.1. The van der Waals surface area contributed by atoms with E-state index in [2.05, 4.69) is 36.1 Å². The number of halogens is 1. The van der Waals surface area contributed by atoms with Gasteiger partial charge in [-0.05, 0) is 90.7 Å². The van der Waals surface area contributed by atoms with Gasteiger partial charge in [-0.15, -0.1) is 0 Å². The third kappa shape index (κ3) is 6.89. The minimum atomic E-state index is -1.04. The summed E-state index contributed by atoms with van der Waals surface area (Å²) >= 11 is 0. The summed E-state index contributed by atoms with van der Waals surface area (Å²) in [6.45, 7) is 4.63. The maximum Gasteiger partial charge on any atom is 0.455 e. The van der Waals surface area contributed by atoms with Crippen molar-refractivity contribution in [3.8, 4) is 5.75 Å². The van der Waals surface area contributed by atoms with Gasteiger partial charge < -0.3 is 14.8 Å². The van der Waals surface area contributed by atoms with Crippen molar-refractivity contribution in [2.75, 3.05) is 13.1 Å². The Morgan fingerprint density at radius 2 is 1.69 bits per heavy atom. The van der Waals surface area contributed by atoms with Crippen molar-refractivity contribution in [2.24, 2.45) is 17.8 Å². The number of nitrogens with zero attached hydrogens (tertiary/aromatic N) is 2. The van der Waals surface area contributed by atoms with E-state index >= 15 is 0 Å². The molecule has 4 aliphatic rings. The van der Waals surface area contributed by atoms with Gasteiger partial charge in [0.15, 0.2) is 11.6 Å². The molecule has 3 fully saturated rings. The monoisotopic (exact) mass is 662 g/mol. The molecule has 0 bridgehead atoms. The third-order valence-electron chi connectivity index (χ3n) is 11.1. The number of rotatable bonds is 9. The van der Waals surface area contributed by atoms with Crippen LogP contribution < -0.4 is 0 Å². The summed E-state index contributed by atoms with van der Waals surface area (Å²) in [7, 11) is -1.04. The molecule has 3 aromatic rings. The number of hydrogen-bond acceptors (Lipinski definition) is 6. The number of aromatic hydroxyl groups is 1. The number of piperidine rings is 1. The summed E-state index contributed by atoms with van der Waals surface area (Å²) in [5, 5.41) is 20.8. The molecule has 49 heavy (non-hydrogen) atoms. The third-order valence-corrected chi connectivity index (χ3v) is 11.1. The van der Waals surface area contributed by atoms with Crippen LogP contribution in [0.15, 0.2) is 90.0 Å². The highest BCUT2D eigenvalue weighted by Crippen LogP contribution is 2.52. The Morgan fingerprint density at radius 1 is 0.980 bits per heavy atom. The van der Waals surface area contributed by atoms with Gasteiger partial charge in [0.05, 0.1) is 17.9 Å². The normalized spacial score (nSPS) is 25.2. The first-order valence-corrected chi connectivity index (χ1v) is 17.7. The fraction of sp³-hybridized carbons (Fsp3) is 0.400. The molecule has 2 amide bonds. The number of benzene rings is 3. The molecule has 0 saturated carbocycles. The van der Waals surface area contributed by atoms with E-state index in [-0.39, 0.29) is 23.8 Å². The van der Waals surface area contributed by atoms with Gasteiger partial charge in [0.1, 0.15) is 0 Å². The zero-order valence-electron chi connectivity index (χ0n) is 28.0. The van der Waals surface area contributed by atoms with E-state index in [4.69, 9.17) is 4.65 Å². The number of allylic oxidation sites excluding steroid dienone is 2. The lowest BCUT2D eigenvalue weighted by Crippen LogP contribution is -2.48. The zero-order valence-corrected chi connectivity index (χ0v) is 28.0. The van der Waals surface area contributed by atoms with Crippen LogP contribution in [0.5, 0.6) is 5.75 Å². The average Bonchev–Trinajstić information content (AvgIpc) is 3.37. The van der Waals surface area contributed by atoms with Crippen LogP contribution in [0.3, 0.4) is 0 Å². The van der Waals surface area contributed by atoms with Gasteiger partial charge in [-0.1, -0.05) is 85.3 Å². The van der Waals surface area contributed by atoms with E-state index in [0.29, 0.717) is 31.1 Å². The van der Waals surface area contributed by atoms with E-state index in [1.807, 2.05) is 42.5 Å². The Kier molecular flexibility index (Phi) is 9.86. The summed E-state index contributed by atoms with van der Waals surface area (Å²) in [5.74, 6) is -2.33. The molecule has 9 heteroatoms. The lowest BCUT2D eigenvalue weighted by molar-refractivity contribution is -0.144. The second-order valence-corrected chi connectivity index (χ2v) is 14.0. The Labute approximate surface area is 288 Å². The first-order valence-electron chi connectivity index (χ1n) is 17.7. The topological polar surface area (TPSA) is 90.3 Å². The van der Waals surface area contributed by atoms with Gasteiger partial charge in [0.2, 0.25) is 11.8 Å². The number of amides is 2. The number of phenolic OH excluding ortho intramolecular Hbond substituents is 1. The average molecular weight is 663 g/mol. The molecule has 7 nitrogen and oxygen atoms in total. The van der Waals surface area contributed by atoms with Crippen LogP contribution in [0, 0.1) is 23.6 Å². The lowest BCUT2D eigenvalue weighted by Gasteiger charge is -2.43. The van der Waals surface area contributed by atoms with Gasteiger partial charge in [0.25, 0.3) is 0 Å². The molecule has 3 aliphatic heterocycles. The smallest absolute Gasteiger partial charge is 0.455 e. The van der Waals surface area contributed by atoms with E-state index in [9.17, 15) is 24.1 Å². The van der Waals surface area contributed by atoms with Crippen molar-refractivity contribution in [1.82, 2.24) is 9.80 Å². The Bertz CT molecular complexity index is 1740. The van der Waals surface area contributed by atoms with Gasteiger partial charge in [-0.25, -0.2) is 4.39 Å². The molecule has 0 spiro atoms. The molecule has 0 radical (unpaired) electrons. The Hall–Kier alpha value is -4.05. The first-order chi connectivity index (χ1) is 23.8. The predicted octanol–water partition coefficient (Wildman–Crippen LogP) is 6.72. The van der Waals surface area contributed by atoms with Crippen molar-refractivity contribution in [3.05, 3.63) is 113 Å². The number of carbonyl (C=O) groups excluding carboxylic acids is 2. The first kappa shape index (κ1) is 33.5. The van der Waals surface area contributed by atoms with Crippen molar-refractivity contribution < 1.29 is 28.8 Å². The molecule has 3 aromatic carbocycles. The SMILES string of the molecule is CCC1=C2[C@@H](CC/C(=C/c3ccc(O)c(F)c3)c3ccccc3)OB(O)C[C@@H]2[C@@H]2C(=O)N(C3CCN(Cc4ccccc4)CC3)C(=O)[C@@H]2C1. The minimum Gasteiger partial charge on any atom is -0.505 e. The van der Waals surface area contributed by atoms with Gasteiger partial charge in [-0.2, -0.15) is 0 Å². The molecule has 0 unspecified atom stereocenters. The molecule has 0 aromatic heterocycles. The molecule has 2 N–H and O–H groups in total. The standard InChI is InChI=1S/C40H44BFN2O5/c1-2-28-23-32-38(40(47)44(39(32)46)31-17-19-43(20-18-31)25-26-9-5-3-6-10-26)33-24-41(48)49-36(37(28)33)16-14-30(29-11-7-4-8-12-29)21-27-13-15-35(45)34(42)22-27/h3-13,15,21-22,31-33,36,38,45,48H,2,14,16-20,23-25H2,1H3/b30-21-/t32-,33+,36-,38-/m1/s1. The summed E-state index contributed by atoms with van der Waals surface area (Å²) in [6, 6.07) is 24.5. The highest BCUT2D eigenvalue weighted by molar-refractivity contribution is 6.43. The van der Waals surface area contributed by atoms with Crippen LogP contribution in [-0.2, 0) is 20.8 Å². The summed E-state index contributed by atoms with van der Waals surface area (Å²) < 4.78 is 20.5. The van der Waals surface area contributed by atoms with E-state index in [1.165, 1.54) is 17.7 Å². The van der Waals surface area contributed by atoms with Crippen LogP contribution >= 0.6 is 0 Å². The number of imide groups is 1. The second-order valence-electron chi connectivity index (χ2n) is 14.0. The lowest BCUT2D eigenvalue weighted by atomic mass is 9.58. The van der Waals surface area contributed by atoms with Crippen molar-refractivity contribution in [2.45, 2.75) is 70.5 Å². The molecule has 4 atom stereocenters. The van der Waals surface area contributed by atoms with E-state index in [1.54, 1.807) is 11.0 Å². The number of carbonyl (C=O) groups is 2. The van der Waals surface area contributed by atoms with E-state index in [0.717, 1.165) is 61.2 Å². The molecular weight excluding hydrogens is 618 g/mol. The van der Waals surface area contributed by atoms with Crippen LogP contribution in [-0.4, -0.2) is 64.1 Å². The van der Waals surface area contributed by atoms with Gasteiger partial charge in [-0.3, -0.25) is 19.4 Å². The molecular formula is C40H44BFN2O5. The summed E-state index contributed by atoms with van der Waals surface area (Å²) in [4.78, 5) is 32.3. The molecule has 3 heterocycles. The van der Waals surface area contributed by atoms with E-state index < -0.39 is 36.6 Å². The van der Waals surface area contributed by atoms with Gasteiger partial charge >= 0.3 is 7.12 Å².